The number of fused-ring (bicyclic) bond motifs is 1. The Morgan fingerprint density at radius 3 is 2.31 bits per heavy atom. The van der Waals surface area contributed by atoms with Gasteiger partial charge in [-0.25, -0.2) is 0 Å². The van der Waals surface area contributed by atoms with Crippen molar-refractivity contribution >= 4 is 44.6 Å². The molecule has 0 aliphatic carbocycles. The normalized spacial score (nSPS) is 9.50. The fraction of sp³-hybridized carbons (Fsp3) is 0.154. The van der Waals surface area contributed by atoms with Gasteiger partial charge in [0, 0.05) is 20.4 Å². The smallest absolute Gasteiger partial charge is 0.151 e. The zero-order valence-electron chi connectivity index (χ0n) is 9.13. The van der Waals surface area contributed by atoms with E-state index in [1.54, 1.807) is 6.07 Å². The second kappa shape index (κ2) is 6.02. The summed E-state index contributed by atoms with van der Waals surface area (Å²) in [6.45, 7) is 4.00. The summed E-state index contributed by atoms with van der Waals surface area (Å²) >= 11 is 9.36. The molecule has 84 valence electrons. The van der Waals surface area contributed by atoms with E-state index in [4.69, 9.17) is 11.6 Å². The van der Waals surface area contributed by atoms with E-state index in [9.17, 15) is 4.79 Å². The van der Waals surface area contributed by atoms with E-state index in [1.807, 2.05) is 38.1 Å². The molecular weight excluding hydrogens is 287 g/mol. The summed E-state index contributed by atoms with van der Waals surface area (Å²) in [6, 6.07) is 9.31. The highest BCUT2D eigenvalue weighted by Gasteiger charge is 2.07. The molecule has 0 heterocycles. The number of rotatable bonds is 1. The minimum atomic E-state index is 0.644. The molecule has 0 aromatic heterocycles. The Morgan fingerprint density at radius 1 is 1.19 bits per heavy atom. The van der Waals surface area contributed by atoms with Crippen LogP contribution in [0.4, 0.5) is 0 Å². The number of aldehydes is 1. The highest BCUT2D eigenvalue weighted by atomic mass is 79.9. The van der Waals surface area contributed by atoms with Gasteiger partial charge in [0.05, 0.1) is 0 Å². The monoisotopic (exact) mass is 298 g/mol. The molecule has 2 rings (SSSR count). The summed E-state index contributed by atoms with van der Waals surface area (Å²) in [7, 11) is 0. The van der Waals surface area contributed by atoms with Crippen LogP contribution >= 0.6 is 27.5 Å². The average Bonchev–Trinajstić information content (AvgIpc) is 2.32. The van der Waals surface area contributed by atoms with Crippen LogP contribution in [0.3, 0.4) is 0 Å². The first-order chi connectivity index (χ1) is 7.74. The zero-order valence-corrected chi connectivity index (χ0v) is 11.5. The second-order valence-electron chi connectivity index (χ2n) is 2.92. The van der Waals surface area contributed by atoms with Gasteiger partial charge in [0.2, 0.25) is 0 Å². The van der Waals surface area contributed by atoms with Gasteiger partial charge in [-0.2, -0.15) is 0 Å². The van der Waals surface area contributed by atoms with Crippen LogP contribution in [0.5, 0.6) is 0 Å². The number of carbonyl (C=O) groups is 1. The van der Waals surface area contributed by atoms with E-state index < -0.39 is 0 Å². The lowest BCUT2D eigenvalue weighted by Crippen LogP contribution is -1.86. The Labute approximate surface area is 109 Å². The van der Waals surface area contributed by atoms with Gasteiger partial charge in [0.15, 0.2) is 6.29 Å². The van der Waals surface area contributed by atoms with E-state index in [0.717, 1.165) is 21.5 Å². The van der Waals surface area contributed by atoms with Crippen molar-refractivity contribution in [3.05, 3.63) is 45.4 Å². The van der Waals surface area contributed by atoms with Crippen molar-refractivity contribution in [1.82, 2.24) is 0 Å². The molecule has 0 N–H and O–H groups in total. The van der Waals surface area contributed by atoms with Crippen molar-refractivity contribution in [1.29, 1.82) is 0 Å². The van der Waals surface area contributed by atoms with Crippen molar-refractivity contribution in [2.45, 2.75) is 13.8 Å². The van der Waals surface area contributed by atoms with E-state index in [1.165, 1.54) is 0 Å². The van der Waals surface area contributed by atoms with E-state index >= 15 is 0 Å². The summed E-state index contributed by atoms with van der Waals surface area (Å²) in [6.07, 6.45) is 0.836. The van der Waals surface area contributed by atoms with Gasteiger partial charge in [-0.3, -0.25) is 4.79 Å². The maximum absolute atomic E-state index is 10.9. The first-order valence-electron chi connectivity index (χ1n) is 5.06. The first-order valence-corrected chi connectivity index (χ1v) is 6.23. The molecule has 2 aromatic rings. The highest BCUT2D eigenvalue weighted by molar-refractivity contribution is 9.10. The van der Waals surface area contributed by atoms with Gasteiger partial charge in [0.1, 0.15) is 0 Å². The lowest BCUT2D eigenvalue weighted by Gasteiger charge is -2.05. The molecule has 2 aromatic carbocycles. The topological polar surface area (TPSA) is 17.1 Å². The second-order valence-corrected chi connectivity index (χ2v) is 4.18. The van der Waals surface area contributed by atoms with Gasteiger partial charge >= 0.3 is 0 Å². The molecule has 0 unspecified atom stereocenters. The molecular formula is C13H12BrClO. The third-order valence-electron chi connectivity index (χ3n) is 2.10. The molecule has 0 aliphatic heterocycles. The third-order valence-corrected chi connectivity index (χ3v) is 3.07. The molecule has 0 spiro atoms. The predicted molar refractivity (Wildman–Crippen MR) is 73.4 cm³/mol. The lowest BCUT2D eigenvalue weighted by atomic mass is 10.1. The average molecular weight is 300 g/mol. The largest absolute Gasteiger partial charge is 0.298 e. The van der Waals surface area contributed by atoms with E-state index in [2.05, 4.69) is 15.9 Å². The van der Waals surface area contributed by atoms with Crippen LogP contribution in [0.1, 0.15) is 24.2 Å². The Morgan fingerprint density at radius 2 is 1.75 bits per heavy atom. The molecule has 3 heteroatoms. The van der Waals surface area contributed by atoms with E-state index in [0.29, 0.717) is 10.6 Å². The van der Waals surface area contributed by atoms with Crippen molar-refractivity contribution in [3.8, 4) is 0 Å². The van der Waals surface area contributed by atoms with Crippen LogP contribution in [-0.2, 0) is 0 Å². The Kier molecular flexibility index (Phi) is 4.97. The molecule has 0 amide bonds. The van der Waals surface area contributed by atoms with Gasteiger partial charge < -0.3 is 0 Å². The first kappa shape index (κ1) is 13.2. The predicted octanol–water partition coefficient (Wildman–Crippen LogP) is 5.09. The fourth-order valence-electron chi connectivity index (χ4n) is 1.44. The number of hydrogen-bond donors (Lipinski definition) is 0. The van der Waals surface area contributed by atoms with Crippen LogP contribution in [0.15, 0.2) is 34.8 Å². The molecule has 0 aliphatic rings. The molecule has 0 radical (unpaired) electrons. The van der Waals surface area contributed by atoms with Crippen LogP contribution in [0.2, 0.25) is 5.02 Å². The Hall–Kier alpha value is -0.860. The van der Waals surface area contributed by atoms with Crippen LogP contribution in [0.25, 0.3) is 10.8 Å². The standard InChI is InChI=1S/C11H6BrClO.C2H6/c12-10-5-11(13)8-4-2-1-3-7(8)9(10)6-14;1-2/h1-6H;1-2H3. The molecule has 0 bridgehead atoms. The van der Waals surface area contributed by atoms with Crippen LogP contribution < -0.4 is 0 Å². The van der Waals surface area contributed by atoms with Crippen molar-refractivity contribution in [3.63, 3.8) is 0 Å². The molecule has 0 fully saturated rings. The molecule has 0 saturated heterocycles. The van der Waals surface area contributed by atoms with Gasteiger partial charge in [-0.05, 0) is 27.4 Å². The van der Waals surface area contributed by atoms with Crippen molar-refractivity contribution in [2.24, 2.45) is 0 Å². The van der Waals surface area contributed by atoms with Gasteiger partial charge in [-0.1, -0.05) is 49.7 Å². The molecule has 0 atom stereocenters. The van der Waals surface area contributed by atoms with Crippen LogP contribution in [-0.4, -0.2) is 6.29 Å². The van der Waals surface area contributed by atoms with Gasteiger partial charge in [0.25, 0.3) is 0 Å². The summed E-state index contributed by atoms with van der Waals surface area (Å²) < 4.78 is 0.733. The summed E-state index contributed by atoms with van der Waals surface area (Å²) in [5.41, 5.74) is 0.644. The number of hydrogen-bond acceptors (Lipinski definition) is 1. The summed E-state index contributed by atoms with van der Waals surface area (Å²) in [5.74, 6) is 0. The fourth-order valence-corrected chi connectivity index (χ4v) is 2.38. The van der Waals surface area contributed by atoms with E-state index in [-0.39, 0.29) is 0 Å². The van der Waals surface area contributed by atoms with Crippen LogP contribution in [0, 0.1) is 0 Å². The minimum absolute atomic E-state index is 0.644. The van der Waals surface area contributed by atoms with Crippen molar-refractivity contribution < 1.29 is 4.79 Å². The summed E-state index contributed by atoms with van der Waals surface area (Å²) in [4.78, 5) is 10.9. The summed E-state index contributed by atoms with van der Waals surface area (Å²) in [5, 5.41) is 2.43. The van der Waals surface area contributed by atoms with Crippen molar-refractivity contribution in [2.75, 3.05) is 0 Å². The number of benzene rings is 2. The van der Waals surface area contributed by atoms with Gasteiger partial charge in [-0.15, -0.1) is 0 Å². The number of carbonyl (C=O) groups excluding carboxylic acids is 1. The highest BCUT2D eigenvalue weighted by Crippen LogP contribution is 2.31. The molecule has 1 nitrogen and oxygen atoms in total. The SMILES string of the molecule is CC.O=Cc1c(Br)cc(Cl)c2ccccc12. The number of halogens is 2. The minimum Gasteiger partial charge on any atom is -0.298 e. The molecule has 16 heavy (non-hydrogen) atoms. The third kappa shape index (κ3) is 2.45. The lowest BCUT2D eigenvalue weighted by molar-refractivity contribution is 0.112. The maximum Gasteiger partial charge on any atom is 0.151 e. The molecule has 0 saturated carbocycles. The Bertz CT molecular complexity index is 509. The Balaban J connectivity index is 0.000000606. The zero-order chi connectivity index (χ0) is 12.1. The quantitative estimate of drug-likeness (QED) is 0.670. The maximum atomic E-state index is 10.9.